The van der Waals surface area contributed by atoms with Crippen molar-refractivity contribution in [3.8, 4) is 0 Å². The summed E-state index contributed by atoms with van der Waals surface area (Å²) in [5.74, 6) is -0.0881. The molecule has 1 aliphatic carbocycles. The lowest BCUT2D eigenvalue weighted by Gasteiger charge is -2.18. The Morgan fingerprint density at radius 3 is 2.55 bits per heavy atom. The number of rotatable bonds is 6. The molecule has 0 spiro atoms. The van der Waals surface area contributed by atoms with Gasteiger partial charge in [-0.2, -0.15) is 0 Å². The fourth-order valence-corrected chi connectivity index (χ4v) is 2.53. The van der Waals surface area contributed by atoms with Crippen LogP contribution in [0, 0.1) is 0 Å². The summed E-state index contributed by atoms with van der Waals surface area (Å²) < 4.78 is 0. The second-order valence-electron chi connectivity index (χ2n) is 6.53. The lowest BCUT2D eigenvalue weighted by atomic mass is 10.0. The number of carbonyl (C=O) groups is 2. The van der Waals surface area contributed by atoms with E-state index in [0.717, 1.165) is 18.4 Å². The number of halogens is 1. The second-order valence-corrected chi connectivity index (χ2v) is 6.53. The summed E-state index contributed by atoms with van der Waals surface area (Å²) in [4.78, 5) is 23.8. The zero-order chi connectivity index (χ0) is 15.5. The van der Waals surface area contributed by atoms with Gasteiger partial charge in [0, 0.05) is 30.5 Å². The first-order chi connectivity index (χ1) is 9.85. The fraction of sp³-hybridized carbons (Fsp3) is 0.529. The number of Topliss-reactive ketones (excluding diaryl/α,β-unsaturated/α-hetero) is 1. The van der Waals surface area contributed by atoms with E-state index in [4.69, 9.17) is 5.73 Å². The van der Waals surface area contributed by atoms with E-state index < -0.39 is 5.54 Å². The number of carbonyl (C=O) groups excluding carboxylic acids is 2. The zero-order valence-electron chi connectivity index (χ0n) is 13.3. The standard InChI is InChI=1S/C17H24N2O2.ClH/c1-17(2,18)11-19-16(21)9-8-15(20)14-7-6-12-4-3-5-13(12)10-14;/h6-7,10H,3-5,8-9,11,18H2,1-2H3,(H,19,21);1H. The highest BCUT2D eigenvalue weighted by Gasteiger charge is 2.16. The summed E-state index contributed by atoms with van der Waals surface area (Å²) in [6.45, 7) is 4.12. The van der Waals surface area contributed by atoms with Crippen LogP contribution in [0.5, 0.6) is 0 Å². The van der Waals surface area contributed by atoms with E-state index in [1.807, 2.05) is 32.0 Å². The van der Waals surface area contributed by atoms with Crippen molar-refractivity contribution in [1.82, 2.24) is 5.32 Å². The third-order valence-electron chi connectivity index (χ3n) is 3.74. The predicted molar refractivity (Wildman–Crippen MR) is 90.6 cm³/mol. The minimum atomic E-state index is -0.431. The van der Waals surface area contributed by atoms with Crippen LogP contribution in [0.15, 0.2) is 18.2 Å². The number of hydrogen-bond donors (Lipinski definition) is 2. The maximum absolute atomic E-state index is 12.1. The van der Waals surface area contributed by atoms with Gasteiger partial charge in [0.25, 0.3) is 0 Å². The molecule has 5 heteroatoms. The van der Waals surface area contributed by atoms with Gasteiger partial charge in [0.1, 0.15) is 0 Å². The average molecular weight is 325 g/mol. The van der Waals surface area contributed by atoms with Crippen LogP contribution in [0.4, 0.5) is 0 Å². The minimum absolute atomic E-state index is 0. The van der Waals surface area contributed by atoms with Gasteiger partial charge in [0.2, 0.25) is 5.91 Å². The Bertz CT molecular complexity index is 550. The molecule has 1 aromatic carbocycles. The summed E-state index contributed by atoms with van der Waals surface area (Å²) in [6, 6.07) is 5.92. The van der Waals surface area contributed by atoms with Gasteiger partial charge in [-0.05, 0) is 50.3 Å². The van der Waals surface area contributed by atoms with Crippen molar-refractivity contribution in [3.05, 3.63) is 34.9 Å². The highest BCUT2D eigenvalue weighted by molar-refractivity contribution is 5.98. The maximum atomic E-state index is 12.1. The number of benzene rings is 1. The van der Waals surface area contributed by atoms with E-state index in [0.29, 0.717) is 6.54 Å². The smallest absolute Gasteiger partial charge is 0.220 e. The van der Waals surface area contributed by atoms with E-state index in [-0.39, 0.29) is 36.9 Å². The van der Waals surface area contributed by atoms with E-state index in [1.54, 1.807) is 0 Å². The first-order valence-electron chi connectivity index (χ1n) is 7.56. The van der Waals surface area contributed by atoms with Crippen LogP contribution in [0.1, 0.15) is 54.6 Å². The van der Waals surface area contributed by atoms with E-state index in [2.05, 4.69) is 5.32 Å². The van der Waals surface area contributed by atoms with E-state index in [1.165, 1.54) is 17.5 Å². The SMILES string of the molecule is CC(C)(N)CNC(=O)CCC(=O)c1ccc2c(c1)CCC2.Cl. The molecule has 1 aliphatic rings. The lowest BCUT2D eigenvalue weighted by molar-refractivity contribution is -0.121. The van der Waals surface area contributed by atoms with E-state index >= 15 is 0 Å². The maximum Gasteiger partial charge on any atom is 0.220 e. The van der Waals surface area contributed by atoms with Crippen molar-refractivity contribution in [1.29, 1.82) is 0 Å². The molecule has 0 aromatic heterocycles. The second kappa shape index (κ2) is 7.75. The molecule has 1 aromatic rings. The largest absolute Gasteiger partial charge is 0.354 e. The van der Waals surface area contributed by atoms with Crippen LogP contribution in [-0.2, 0) is 17.6 Å². The highest BCUT2D eigenvalue weighted by Crippen LogP contribution is 2.23. The summed E-state index contributed by atoms with van der Waals surface area (Å²) >= 11 is 0. The van der Waals surface area contributed by atoms with Gasteiger partial charge in [-0.1, -0.05) is 12.1 Å². The highest BCUT2D eigenvalue weighted by atomic mass is 35.5. The van der Waals surface area contributed by atoms with Crippen LogP contribution < -0.4 is 11.1 Å². The van der Waals surface area contributed by atoms with Crippen molar-refractivity contribution >= 4 is 24.1 Å². The molecule has 0 fully saturated rings. The van der Waals surface area contributed by atoms with E-state index in [9.17, 15) is 9.59 Å². The van der Waals surface area contributed by atoms with Crippen LogP contribution in [0.3, 0.4) is 0 Å². The first-order valence-corrected chi connectivity index (χ1v) is 7.56. The Kier molecular flexibility index (Phi) is 6.57. The van der Waals surface area contributed by atoms with Crippen LogP contribution in [0.25, 0.3) is 0 Å². The summed E-state index contributed by atoms with van der Waals surface area (Å²) in [5, 5.41) is 2.75. The van der Waals surface area contributed by atoms with Crippen molar-refractivity contribution in [2.75, 3.05) is 6.54 Å². The fourth-order valence-electron chi connectivity index (χ4n) is 2.53. The Morgan fingerprint density at radius 1 is 1.18 bits per heavy atom. The Labute approximate surface area is 138 Å². The van der Waals surface area contributed by atoms with Crippen molar-refractivity contribution in [2.24, 2.45) is 5.73 Å². The monoisotopic (exact) mass is 324 g/mol. The molecule has 122 valence electrons. The molecule has 0 atom stereocenters. The Hall–Kier alpha value is -1.39. The molecule has 0 saturated heterocycles. The normalized spacial score (nSPS) is 13.2. The molecular weight excluding hydrogens is 300 g/mol. The number of fused-ring (bicyclic) bond motifs is 1. The van der Waals surface area contributed by atoms with Gasteiger partial charge in [-0.25, -0.2) is 0 Å². The Morgan fingerprint density at radius 2 is 1.86 bits per heavy atom. The molecule has 4 nitrogen and oxygen atoms in total. The number of ketones is 1. The molecular formula is C17H25ClN2O2. The first kappa shape index (κ1) is 18.7. The minimum Gasteiger partial charge on any atom is -0.354 e. The quantitative estimate of drug-likeness (QED) is 0.789. The molecule has 0 radical (unpaired) electrons. The summed E-state index contributed by atoms with van der Waals surface area (Å²) in [6.07, 6.45) is 3.80. The predicted octanol–water partition coefficient (Wildman–Crippen LogP) is 2.41. The number of amides is 1. The number of aryl methyl sites for hydroxylation is 2. The summed E-state index contributed by atoms with van der Waals surface area (Å²) in [5.41, 5.74) is 8.74. The topological polar surface area (TPSA) is 72.2 Å². The molecule has 0 saturated carbocycles. The zero-order valence-corrected chi connectivity index (χ0v) is 14.1. The van der Waals surface area contributed by atoms with Gasteiger partial charge >= 0.3 is 0 Å². The average Bonchev–Trinajstić information content (AvgIpc) is 2.89. The lowest BCUT2D eigenvalue weighted by Crippen LogP contribution is -2.45. The number of nitrogens with two attached hydrogens (primary N) is 1. The molecule has 0 aliphatic heterocycles. The third kappa shape index (κ3) is 5.43. The van der Waals surface area contributed by atoms with Gasteiger partial charge < -0.3 is 11.1 Å². The van der Waals surface area contributed by atoms with Gasteiger partial charge in [0.15, 0.2) is 5.78 Å². The molecule has 3 N–H and O–H groups in total. The Balaban J connectivity index is 0.00000242. The van der Waals surface area contributed by atoms with Crippen LogP contribution >= 0.6 is 12.4 Å². The third-order valence-corrected chi connectivity index (χ3v) is 3.74. The molecule has 0 heterocycles. The molecule has 22 heavy (non-hydrogen) atoms. The number of nitrogens with one attached hydrogen (secondary N) is 1. The van der Waals surface area contributed by atoms with Gasteiger partial charge in [-0.3, -0.25) is 9.59 Å². The van der Waals surface area contributed by atoms with Crippen LogP contribution in [0.2, 0.25) is 0 Å². The van der Waals surface area contributed by atoms with Crippen molar-refractivity contribution in [3.63, 3.8) is 0 Å². The van der Waals surface area contributed by atoms with Gasteiger partial charge in [-0.15, -0.1) is 12.4 Å². The molecule has 0 bridgehead atoms. The molecule has 2 rings (SSSR count). The van der Waals surface area contributed by atoms with Crippen LogP contribution in [-0.4, -0.2) is 23.8 Å². The van der Waals surface area contributed by atoms with Gasteiger partial charge in [0.05, 0.1) is 0 Å². The molecule has 0 unspecified atom stereocenters. The van der Waals surface area contributed by atoms with Crippen molar-refractivity contribution in [2.45, 2.75) is 51.5 Å². The summed E-state index contributed by atoms with van der Waals surface area (Å²) in [7, 11) is 0. The van der Waals surface area contributed by atoms with Crippen molar-refractivity contribution < 1.29 is 9.59 Å². The molecule has 1 amide bonds. The number of hydrogen-bond acceptors (Lipinski definition) is 3.